The molecule has 0 N–H and O–H groups in total. The molecule has 1 nitrogen and oxygen atoms in total. The number of thiocarbonyl (C=S) groups is 1. The number of ketones is 1. The molecule has 4 heteroatoms. The second-order valence-corrected chi connectivity index (χ2v) is 5.11. The molecule has 2 rings (SSSR count). The highest BCUT2D eigenvalue weighted by Gasteiger charge is 2.07. The number of Topliss-reactive ketones (excluding diaryl/α,β-unsaturated/α-hetero) is 1. The van der Waals surface area contributed by atoms with Crippen molar-refractivity contribution in [2.75, 3.05) is 0 Å². The van der Waals surface area contributed by atoms with Crippen LogP contribution in [0.2, 0.25) is 5.02 Å². The fraction of sp³-hybridized carbons (Fsp3) is 0.125. The largest absolute Gasteiger partial charge is 0.294 e. The van der Waals surface area contributed by atoms with Gasteiger partial charge in [0.2, 0.25) is 0 Å². The maximum atomic E-state index is 13.2. The fourth-order valence-corrected chi connectivity index (χ4v) is 2.31. The summed E-state index contributed by atoms with van der Waals surface area (Å²) in [4.78, 5) is 12.0. The third-order valence-corrected chi connectivity index (χ3v) is 3.42. The van der Waals surface area contributed by atoms with Crippen molar-refractivity contribution >= 4 is 35.0 Å². The van der Waals surface area contributed by atoms with Crippen LogP contribution in [0.4, 0.5) is 4.39 Å². The van der Waals surface area contributed by atoms with E-state index in [1.54, 1.807) is 35.7 Å². The van der Waals surface area contributed by atoms with Crippen LogP contribution >= 0.6 is 23.8 Å². The second-order valence-electron chi connectivity index (χ2n) is 4.44. The van der Waals surface area contributed by atoms with Crippen LogP contribution in [0.5, 0.6) is 0 Å². The Kier molecular flexibility index (Phi) is 4.99. The van der Waals surface area contributed by atoms with Crippen molar-refractivity contribution in [1.29, 1.82) is 0 Å². The minimum Gasteiger partial charge on any atom is -0.294 e. The lowest BCUT2D eigenvalue weighted by Crippen LogP contribution is -2.01. The van der Waals surface area contributed by atoms with Crippen molar-refractivity contribution in [3.05, 3.63) is 70.0 Å². The van der Waals surface area contributed by atoms with Gasteiger partial charge in [-0.1, -0.05) is 48.1 Å². The number of carbonyl (C=O) groups excluding carboxylic acids is 1. The Morgan fingerprint density at radius 1 is 1.20 bits per heavy atom. The van der Waals surface area contributed by atoms with Crippen LogP contribution in [0.3, 0.4) is 0 Å². The molecule has 0 aliphatic rings. The number of halogens is 2. The highest BCUT2D eigenvalue weighted by atomic mass is 35.5. The van der Waals surface area contributed by atoms with Gasteiger partial charge in [0, 0.05) is 22.4 Å². The summed E-state index contributed by atoms with van der Waals surface area (Å²) in [6, 6.07) is 11.4. The molecule has 0 aliphatic carbocycles. The molecule has 0 spiro atoms. The Hall–Kier alpha value is -1.58. The van der Waals surface area contributed by atoms with Gasteiger partial charge in [-0.05, 0) is 35.7 Å². The van der Waals surface area contributed by atoms with Crippen molar-refractivity contribution in [2.45, 2.75) is 12.8 Å². The predicted octanol–water partition coefficient (Wildman–Crippen LogP) is 4.64. The quantitative estimate of drug-likeness (QED) is 0.591. The first-order chi connectivity index (χ1) is 9.58. The van der Waals surface area contributed by atoms with Gasteiger partial charge in [0.1, 0.15) is 5.82 Å². The lowest BCUT2D eigenvalue weighted by Gasteiger charge is -2.03. The third kappa shape index (κ3) is 3.95. The monoisotopic (exact) mass is 306 g/mol. The first-order valence-corrected chi connectivity index (χ1v) is 6.97. The van der Waals surface area contributed by atoms with E-state index in [4.69, 9.17) is 23.8 Å². The van der Waals surface area contributed by atoms with Crippen molar-refractivity contribution < 1.29 is 9.18 Å². The van der Waals surface area contributed by atoms with Crippen LogP contribution < -0.4 is 0 Å². The molecule has 0 unspecified atom stereocenters. The number of benzene rings is 2. The molecule has 0 aromatic heterocycles. The molecule has 0 saturated carbocycles. The highest BCUT2D eigenvalue weighted by Crippen LogP contribution is 2.16. The summed E-state index contributed by atoms with van der Waals surface area (Å²) in [5, 5.41) is 1.90. The number of aryl methyl sites for hydroxylation is 1. The van der Waals surface area contributed by atoms with E-state index in [0.29, 0.717) is 23.4 Å². The Morgan fingerprint density at radius 3 is 2.50 bits per heavy atom. The number of rotatable bonds is 5. The molecule has 0 radical (unpaired) electrons. The predicted molar refractivity (Wildman–Crippen MR) is 83.3 cm³/mol. The van der Waals surface area contributed by atoms with E-state index in [0.717, 1.165) is 11.1 Å². The molecule has 0 fully saturated rings. The van der Waals surface area contributed by atoms with Gasteiger partial charge in [-0.3, -0.25) is 4.79 Å². The van der Waals surface area contributed by atoms with E-state index in [1.165, 1.54) is 12.1 Å². The first kappa shape index (κ1) is 14.8. The molecule has 102 valence electrons. The van der Waals surface area contributed by atoms with Gasteiger partial charge in [0.05, 0.1) is 0 Å². The summed E-state index contributed by atoms with van der Waals surface area (Å²) in [6.07, 6.45) is 0.780. The summed E-state index contributed by atoms with van der Waals surface area (Å²) in [5.74, 6) is -0.369. The topological polar surface area (TPSA) is 17.1 Å². The molecular formula is C16H12ClFOS. The smallest absolute Gasteiger partial charge is 0.163 e. The summed E-state index contributed by atoms with van der Waals surface area (Å²) in [7, 11) is 0. The van der Waals surface area contributed by atoms with E-state index < -0.39 is 0 Å². The van der Waals surface area contributed by atoms with Crippen LogP contribution in [0.25, 0.3) is 0 Å². The zero-order chi connectivity index (χ0) is 14.5. The molecule has 0 atom stereocenters. The standard InChI is InChI=1S/C16H12ClFOS/c17-14-7-12(8-15(18)9-14)3-6-16(19)13-4-1-11(10-20)2-5-13/h1-2,4-5,7-10H,3,6H2. The Bertz CT molecular complexity index is 617. The molecule has 0 bridgehead atoms. The van der Waals surface area contributed by atoms with Gasteiger partial charge in [-0.25, -0.2) is 4.39 Å². The van der Waals surface area contributed by atoms with Crippen LogP contribution in [0.15, 0.2) is 42.5 Å². The van der Waals surface area contributed by atoms with Crippen molar-refractivity contribution in [3.63, 3.8) is 0 Å². The number of hydrogen-bond acceptors (Lipinski definition) is 2. The molecular weight excluding hydrogens is 295 g/mol. The lowest BCUT2D eigenvalue weighted by atomic mass is 10.0. The Balaban J connectivity index is 2.02. The molecule has 0 amide bonds. The lowest BCUT2D eigenvalue weighted by molar-refractivity contribution is 0.0983. The van der Waals surface area contributed by atoms with E-state index >= 15 is 0 Å². The Morgan fingerprint density at radius 2 is 1.90 bits per heavy atom. The minimum absolute atomic E-state index is 0.0151. The maximum absolute atomic E-state index is 13.2. The van der Waals surface area contributed by atoms with Crippen molar-refractivity contribution in [3.8, 4) is 0 Å². The number of hydrogen-bond donors (Lipinski definition) is 0. The average Bonchev–Trinajstić information content (AvgIpc) is 2.44. The minimum atomic E-state index is -0.384. The highest BCUT2D eigenvalue weighted by molar-refractivity contribution is 7.79. The van der Waals surface area contributed by atoms with Crippen molar-refractivity contribution in [2.24, 2.45) is 0 Å². The maximum Gasteiger partial charge on any atom is 0.163 e. The Labute approximate surface area is 127 Å². The van der Waals surface area contributed by atoms with Gasteiger partial charge in [0.25, 0.3) is 0 Å². The molecule has 2 aromatic carbocycles. The van der Waals surface area contributed by atoms with Crippen LogP contribution in [-0.4, -0.2) is 11.2 Å². The molecule has 0 aliphatic heterocycles. The number of carbonyl (C=O) groups is 1. The van der Waals surface area contributed by atoms with E-state index in [1.807, 2.05) is 0 Å². The normalized spacial score (nSPS) is 10.3. The molecule has 0 saturated heterocycles. The molecule has 2 aromatic rings. The first-order valence-electron chi connectivity index (χ1n) is 6.12. The average molecular weight is 307 g/mol. The van der Waals surface area contributed by atoms with Crippen LogP contribution in [0.1, 0.15) is 27.9 Å². The summed E-state index contributed by atoms with van der Waals surface area (Å²) in [6.45, 7) is 0. The van der Waals surface area contributed by atoms with Gasteiger partial charge >= 0.3 is 0 Å². The summed E-state index contributed by atoms with van der Waals surface area (Å²) >= 11 is 10.6. The van der Waals surface area contributed by atoms with Crippen LogP contribution in [0, 0.1) is 5.82 Å². The van der Waals surface area contributed by atoms with Gasteiger partial charge in [-0.2, -0.15) is 0 Å². The van der Waals surface area contributed by atoms with Gasteiger partial charge in [-0.15, -0.1) is 0 Å². The summed E-state index contributed by atoms with van der Waals surface area (Å²) in [5.41, 5.74) is 2.25. The zero-order valence-electron chi connectivity index (χ0n) is 10.6. The van der Waals surface area contributed by atoms with Gasteiger partial charge < -0.3 is 0 Å². The van der Waals surface area contributed by atoms with E-state index in [-0.39, 0.29) is 11.6 Å². The SMILES string of the molecule is O=C(CCc1cc(F)cc(Cl)c1)c1ccc(C=S)cc1. The molecule has 0 heterocycles. The van der Waals surface area contributed by atoms with E-state index in [9.17, 15) is 9.18 Å². The second kappa shape index (κ2) is 6.73. The zero-order valence-corrected chi connectivity index (χ0v) is 12.2. The van der Waals surface area contributed by atoms with E-state index in [2.05, 4.69) is 0 Å². The fourth-order valence-electron chi connectivity index (χ4n) is 1.91. The molecule has 20 heavy (non-hydrogen) atoms. The van der Waals surface area contributed by atoms with Crippen molar-refractivity contribution in [1.82, 2.24) is 0 Å². The summed E-state index contributed by atoms with van der Waals surface area (Å²) < 4.78 is 13.2. The third-order valence-electron chi connectivity index (χ3n) is 2.93. The van der Waals surface area contributed by atoms with Crippen LogP contribution in [-0.2, 0) is 6.42 Å². The van der Waals surface area contributed by atoms with Gasteiger partial charge in [0.15, 0.2) is 5.78 Å².